The number of benzene rings is 1. The molecule has 0 unspecified atom stereocenters. The monoisotopic (exact) mass is 278 g/mol. The minimum Gasteiger partial charge on any atom is -0.422 e. The lowest BCUT2D eigenvalue weighted by molar-refractivity contribution is -0.240. The van der Waals surface area contributed by atoms with E-state index in [2.05, 4.69) is 0 Å². The number of carbonyl (C=O) groups is 2. The van der Waals surface area contributed by atoms with Crippen LogP contribution >= 0.6 is 0 Å². The van der Waals surface area contributed by atoms with Gasteiger partial charge in [0.2, 0.25) is 0 Å². The normalized spacial score (nSPS) is 18.4. The average Bonchev–Trinajstić information content (AvgIpc) is 2.37. The Morgan fingerprint density at radius 1 is 1.15 bits per heavy atom. The number of nitrogens with two attached hydrogens (primary N) is 1. The fourth-order valence-electron chi connectivity index (χ4n) is 2.00. The average molecular weight is 278 g/mol. The van der Waals surface area contributed by atoms with Gasteiger partial charge in [0.15, 0.2) is 5.92 Å². The van der Waals surface area contributed by atoms with Crippen LogP contribution < -0.4 is 10.9 Å². The molecule has 1 aromatic carbocycles. The van der Waals surface area contributed by atoms with Gasteiger partial charge in [0, 0.05) is 20.4 Å². The molecule has 2 rings (SSSR count). The second kappa shape index (κ2) is 5.50. The number of para-hydroxylation sites is 1. The zero-order chi connectivity index (χ0) is 14.8. The van der Waals surface area contributed by atoms with Crippen LogP contribution in [0.4, 0.5) is 5.69 Å². The minimum atomic E-state index is -1.19. The van der Waals surface area contributed by atoms with E-state index in [9.17, 15) is 9.59 Å². The molecule has 2 N–H and O–H groups in total. The molecule has 0 saturated carbocycles. The molecule has 1 aliphatic rings. The van der Waals surface area contributed by atoms with Crippen molar-refractivity contribution in [2.45, 2.75) is 26.1 Å². The third kappa shape index (κ3) is 3.27. The Balaban J connectivity index is 1.94. The van der Waals surface area contributed by atoms with Crippen molar-refractivity contribution in [3.05, 3.63) is 30.3 Å². The van der Waals surface area contributed by atoms with Crippen molar-refractivity contribution in [3.63, 3.8) is 0 Å². The Kier molecular flexibility index (Phi) is 3.94. The van der Waals surface area contributed by atoms with Crippen LogP contribution in [0.5, 0.6) is 0 Å². The smallest absolute Gasteiger partial charge is 0.323 e. The second-order valence-electron chi connectivity index (χ2n) is 5.11. The molecule has 6 heteroatoms. The van der Waals surface area contributed by atoms with Gasteiger partial charge in [0.05, 0.1) is 5.69 Å². The van der Waals surface area contributed by atoms with Gasteiger partial charge in [-0.1, -0.05) is 18.2 Å². The predicted octanol–water partition coefficient (Wildman–Crippen LogP) is 1.21. The molecular weight excluding hydrogens is 260 g/mol. The second-order valence-corrected chi connectivity index (χ2v) is 5.11. The zero-order valence-electron chi connectivity index (χ0n) is 11.5. The molecule has 0 spiro atoms. The first-order valence-electron chi connectivity index (χ1n) is 6.42. The van der Waals surface area contributed by atoms with Gasteiger partial charge in [-0.2, -0.15) is 0 Å². The van der Waals surface area contributed by atoms with Crippen molar-refractivity contribution in [1.29, 1.82) is 0 Å². The van der Waals surface area contributed by atoms with Crippen LogP contribution in [-0.2, 0) is 19.1 Å². The number of anilines is 1. The molecule has 0 aliphatic carbocycles. The quantitative estimate of drug-likeness (QED) is 0.386. The number of hydrazine groups is 1. The maximum atomic E-state index is 11.8. The highest BCUT2D eigenvalue weighted by atomic mass is 16.7. The molecule has 0 atom stereocenters. The van der Waals surface area contributed by atoms with E-state index in [1.165, 1.54) is 18.9 Å². The van der Waals surface area contributed by atoms with E-state index in [-0.39, 0.29) is 6.42 Å². The summed E-state index contributed by atoms with van der Waals surface area (Å²) in [6, 6.07) is 9.30. The first-order chi connectivity index (χ1) is 9.39. The molecule has 0 amide bonds. The highest BCUT2D eigenvalue weighted by Crippen LogP contribution is 2.25. The molecule has 0 radical (unpaired) electrons. The van der Waals surface area contributed by atoms with Crippen molar-refractivity contribution in [2.24, 2.45) is 11.8 Å². The van der Waals surface area contributed by atoms with Crippen molar-refractivity contribution in [2.75, 3.05) is 11.6 Å². The van der Waals surface area contributed by atoms with Crippen molar-refractivity contribution >= 4 is 17.6 Å². The van der Waals surface area contributed by atoms with Gasteiger partial charge in [0.25, 0.3) is 5.79 Å². The summed E-state index contributed by atoms with van der Waals surface area (Å²) >= 11 is 0. The third-order valence-electron chi connectivity index (χ3n) is 3.01. The Morgan fingerprint density at radius 2 is 1.70 bits per heavy atom. The molecule has 1 aliphatic heterocycles. The number of nitrogens with zero attached hydrogens (tertiary/aromatic N) is 1. The number of carbonyl (C=O) groups excluding carboxylic acids is 2. The first kappa shape index (κ1) is 14.3. The van der Waals surface area contributed by atoms with Gasteiger partial charge in [-0.05, 0) is 18.6 Å². The van der Waals surface area contributed by atoms with Gasteiger partial charge >= 0.3 is 11.9 Å². The van der Waals surface area contributed by atoms with Crippen LogP contribution in [0.15, 0.2) is 30.3 Å². The van der Waals surface area contributed by atoms with Crippen LogP contribution in [0.1, 0.15) is 20.3 Å². The zero-order valence-corrected chi connectivity index (χ0v) is 11.5. The number of ether oxygens (including phenoxy) is 2. The summed E-state index contributed by atoms with van der Waals surface area (Å²) in [5, 5.41) is 1.49. The van der Waals surface area contributed by atoms with Gasteiger partial charge < -0.3 is 14.5 Å². The van der Waals surface area contributed by atoms with E-state index in [1.807, 2.05) is 30.3 Å². The van der Waals surface area contributed by atoms with Crippen LogP contribution in [0, 0.1) is 5.92 Å². The molecule has 0 bridgehead atoms. The van der Waals surface area contributed by atoms with Crippen LogP contribution in [-0.4, -0.2) is 24.3 Å². The van der Waals surface area contributed by atoms with Gasteiger partial charge in [-0.25, -0.2) is 5.84 Å². The Morgan fingerprint density at radius 3 is 2.25 bits per heavy atom. The fourth-order valence-corrected chi connectivity index (χ4v) is 2.00. The van der Waals surface area contributed by atoms with Crippen molar-refractivity contribution < 1.29 is 19.1 Å². The lowest BCUT2D eigenvalue weighted by Crippen LogP contribution is -2.47. The Hall–Kier alpha value is -2.08. The van der Waals surface area contributed by atoms with Crippen LogP contribution in [0.3, 0.4) is 0 Å². The summed E-state index contributed by atoms with van der Waals surface area (Å²) in [4.78, 5) is 23.6. The molecule has 6 nitrogen and oxygen atoms in total. The molecule has 1 heterocycles. The molecule has 1 fully saturated rings. The minimum absolute atomic E-state index is 0.249. The number of rotatable bonds is 4. The number of hydrogen-bond donors (Lipinski definition) is 1. The van der Waals surface area contributed by atoms with Crippen molar-refractivity contribution in [1.82, 2.24) is 0 Å². The van der Waals surface area contributed by atoms with Gasteiger partial charge in [-0.15, -0.1) is 0 Å². The van der Waals surface area contributed by atoms with Crippen LogP contribution in [0.25, 0.3) is 0 Å². The summed E-state index contributed by atoms with van der Waals surface area (Å²) < 4.78 is 10.1. The first-order valence-corrected chi connectivity index (χ1v) is 6.42. The van der Waals surface area contributed by atoms with E-state index < -0.39 is 23.6 Å². The maximum Gasteiger partial charge on any atom is 0.323 e. The highest BCUT2D eigenvalue weighted by molar-refractivity contribution is 5.96. The van der Waals surface area contributed by atoms with E-state index in [0.29, 0.717) is 6.54 Å². The van der Waals surface area contributed by atoms with Crippen molar-refractivity contribution in [3.8, 4) is 0 Å². The number of esters is 2. The summed E-state index contributed by atoms with van der Waals surface area (Å²) in [5.41, 5.74) is 0.811. The predicted molar refractivity (Wildman–Crippen MR) is 72.3 cm³/mol. The highest BCUT2D eigenvalue weighted by Gasteiger charge is 2.42. The Labute approximate surface area is 117 Å². The lowest BCUT2D eigenvalue weighted by atomic mass is 10.0. The van der Waals surface area contributed by atoms with E-state index in [1.54, 1.807) is 0 Å². The summed E-state index contributed by atoms with van der Waals surface area (Å²) in [7, 11) is 0. The lowest BCUT2D eigenvalue weighted by Gasteiger charge is -2.33. The molecule has 20 heavy (non-hydrogen) atoms. The Bertz CT molecular complexity index is 481. The summed E-state index contributed by atoms with van der Waals surface area (Å²) in [6.07, 6.45) is 0.249. The van der Waals surface area contributed by atoms with Crippen LogP contribution in [0.2, 0.25) is 0 Å². The van der Waals surface area contributed by atoms with Gasteiger partial charge in [0.1, 0.15) is 0 Å². The molecular formula is C14H18N2O4. The molecule has 1 aromatic rings. The van der Waals surface area contributed by atoms with E-state index in [4.69, 9.17) is 15.3 Å². The standard InChI is InChI=1S/C14H18N2O4/c1-14(2)19-12(17)11(13(18)20-14)8-9-16(15)10-6-4-3-5-7-10/h3-7,11H,8-9,15H2,1-2H3. The largest absolute Gasteiger partial charge is 0.422 e. The maximum absolute atomic E-state index is 11.8. The van der Waals surface area contributed by atoms with Gasteiger partial charge in [-0.3, -0.25) is 9.59 Å². The fraction of sp³-hybridized carbons (Fsp3) is 0.429. The van der Waals surface area contributed by atoms with E-state index >= 15 is 0 Å². The SMILES string of the molecule is CC1(C)OC(=O)C(CCN(N)c2ccccc2)C(=O)O1. The molecule has 1 saturated heterocycles. The van der Waals surface area contributed by atoms with E-state index in [0.717, 1.165) is 5.69 Å². The molecule has 108 valence electrons. The summed E-state index contributed by atoms with van der Waals surface area (Å²) in [5.74, 6) is 2.65. The molecule has 0 aromatic heterocycles. The number of hydrogen-bond acceptors (Lipinski definition) is 6. The summed E-state index contributed by atoms with van der Waals surface area (Å²) in [6.45, 7) is 3.40. The topological polar surface area (TPSA) is 81.9 Å². The third-order valence-corrected chi connectivity index (χ3v) is 3.01. The number of cyclic esters (lactones) is 2.